The summed E-state index contributed by atoms with van der Waals surface area (Å²) < 4.78 is 32.4. The molecule has 31 heavy (non-hydrogen) atoms. The van der Waals surface area contributed by atoms with Crippen LogP contribution in [0.4, 0.5) is 0 Å². The van der Waals surface area contributed by atoms with E-state index in [1.165, 1.54) is 4.31 Å². The minimum atomic E-state index is -3.67. The van der Waals surface area contributed by atoms with Gasteiger partial charge in [-0.3, -0.25) is 4.79 Å². The molecule has 1 aliphatic rings. The summed E-state index contributed by atoms with van der Waals surface area (Å²) in [6, 6.07) is 14.2. The highest BCUT2D eigenvalue weighted by Gasteiger charge is 2.35. The van der Waals surface area contributed by atoms with Gasteiger partial charge in [-0.1, -0.05) is 41.6 Å². The van der Waals surface area contributed by atoms with E-state index in [1.807, 2.05) is 25.1 Å². The van der Waals surface area contributed by atoms with Gasteiger partial charge in [0.05, 0.1) is 6.04 Å². The van der Waals surface area contributed by atoms with Gasteiger partial charge in [0.1, 0.15) is 10.6 Å². The van der Waals surface area contributed by atoms with Crippen molar-refractivity contribution in [3.63, 3.8) is 0 Å². The third kappa shape index (κ3) is 4.22. The van der Waals surface area contributed by atoms with Crippen molar-refractivity contribution < 1.29 is 17.7 Å². The molecule has 7 nitrogen and oxygen atoms in total. The second-order valence-corrected chi connectivity index (χ2v) is 10.0. The fraction of sp³-hybridized carbons (Fsp3) is 0.391. The molecule has 1 atom stereocenters. The Morgan fingerprint density at radius 1 is 1.13 bits per heavy atom. The third-order valence-corrected chi connectivity index (χ3v) is 8.17. The molecule has 1 N–H and O–H groups in total. The number of hydrogen-bond donors (Lipinski definition) is 1. The number of benzene rings is 2. The summed E-state index contributed by atoms with van der Waals surface area (Å²) in [5.41, 5.74) is 1.41. The summed E-state index contributed by atoms with van der Waals surface area (Å²) in [7, 11) is -3.67. The van der Waals surface area contributed by atoms with Crippen molar-refractivity contribution in [3.05, 3.63) is 59.5 Å². The maximum Gasteiger partial charge on any atom is 0.248 e. The van der Waals surface area contributed by atoms with Crippen molar-refractivity contribution in [2.24, 2.45) is 5.92 Å². The maximum atomic E-state index is 13.0. The summed E-state index contributed by atoms with van der Waals surface area (Å²) >= 11 is 0. The molecule has 3 aromatic rings. The Bertz CT molecular complexity index is 1190. The minimum absolute atomic E-state index is 0.0324. The van der Waals surface area contributed by atoms with Crippen LogP contribution in [0.5, 0.6) is 0 Å². The molecular formula is C23H27N3O4S. The van der Waals surface area contributed by atoms with Gasteiger partial charge in [0.2, 0.25) is 15.9 Å². The topological polar surface area (TPSA) is 92.5 Å². The molecule has 0 spiro atoms. The third-order valence-electron chi connectivity index (χ3n) is 6.02. The van der Waals surface area contributed by atoms with Gasteiger partial charge in [0, 0.05) is 19.0 Å². The molecule has 1 aliphatic heterocycles. The van der Waals surface area contributed by atoms with E-state index in [1.54, 1.807) is 13.8 Å². The van der Waals surface area contributed by atoms with Gasteiger partial charge in [-0.25, -0.2) is 8.42 Å². The lowest BCUT2D eigenvalue weighted by molar-refractivity contribution is -0.126. The first kappa shape index (κ1) is 21.5. The van der Waals surface area contributed by atoms with Crippen LogP contribution in [-0.2, 0) is 14.8 Å². The molecule has 1 unspecified atom stereocenters. The predicted molar refractivity (Wildman–Crippen MR) is 118 cm³/mol. The molecule has 0 aliphatic carbocycles. The first-order valence-electron chi connectivity index (χ1n) is 10.5. The number of hydrogen-bond acceptors (Lipinski definition) is 5. The number of carbonyl (C=O) groups is 1. The molecule has 0 bridgehead atoms. The van der Waals surface area contributed by atoms with Crippen molar-refractivity contribution in [3.8, 4) is 0 Å². The highest BCUT2D eigenvalue weighted by atomic mass is 32.2. The number of nitrogens with zero attached hydrogens (tertiary/aromatic N) is 2. The van der Waals surface area contributed by atoms with Crippen LogP contribution < -0.4 is 5.32 Å². The van der Waals surface area contributed by atoms with Crippen LogP contribution in [0.15, 0.2) is 51.9 Å². The molecule has 8 heteroatoms. The zero-order chi connectivity index (χ0) is 22.2. The zero-order valence-electron chi connectivity index (χ0n) is 18.0. The predicted octanol–water partition coefficient (Wildman–Crippen LogP) is 3.72. The van der Waals surface area contributed by atoms with Gasteiger partial charge >= 0.3 is 0 Å². The lowest BCUT2D eigenvalue weighted by atomic mass is 9.96. The van der Waals surface area contributed by atoms with E-state index in [9.17, 15) is 13.2 Å². The number of sulfonamides is 1. The Morgan fingerprint density at radius 2 is 1.81 bits per heavy atom. The summed E-state index contributed by atoms with van der Waals surface area (Å²) in [5.74, 6) is 0.0515. The van der Waals surface area contributed by atoms with Crippen LogP contribution >= 0.6 is 0 Å². The summed E-state index contributed by atoms with van der Waals surface area (Å²) in [4.78, 5) is 13.0. The Hall–Kier alpha value is -2.71. The highest BCUT2D eigenvalue weighted by molar-refractivity contribution is 7.89. The molecule has 2 aromatic carbocycles. The highest BCUT2D eigenvalue weighted by Crippen LogP contribution is 2.28. The van der Waals surface area contributed by atoms with Gasteiger partial charge in [-0.15, -0.1) is 0 Å². The van der Waals surface area contributed by atoms with E-state index in [0.29, 0.717) is 37.4 Å². The number of piperidine rings is 1. The summed E-state index contributed by atoms with van der Waals surface area (Å²) in [5, 5.41) is 9.16. The van der Waals surface area contributed by atoms with Gasteiger partial charge in [0.25, 0.3) is 0 Å². The number of amides is 1. The second kappa shape index (κ2) is 8.43. The minimum Gasteiger partial charge on any atom is -0.360 e. The number of nitrogens with one attached hydrogen (secondary N) is 1. The SMILES string of the molecule is Cc1noc(C)c1S(=O)(=O)N1CCC(C(=O)NC(C)c2ccc3ccccc3c2)CC1. The van der Waals surface area contributed by atoms with E-state index in [0.717, 1.165) is 16.3 Å². The number of aromatic nitrogens is 1. The standard InChI is InChI=1S/C23H27N3O4S/c1-15(20-9-8-18-6-4-5-7-21(18)14-20)24-23(27)19-10-12-26(13-11-19)31(28,29)22-16(2)25-30-17(22)3/h4-9,14-15,19H,10-13H2,1-3H3,(H,24,27). The molecule has 0 radical (unpaired) electrons. The largest absolute Gasteiger partial charge is 0.360 e. The quantitative estimate of drug-likeness (QED) is 0.651. The number of rotatable bonds is 5. The lowest BCUT2D eigenvalue weighted by Crippen LogP contribution is -2.43. The summed E-state index contributed by atoms with van der Waals surface area (Å²) in [6.45, 7) is 5.79. The zero-order valence-corrected chi connectivity index (χ0v) is 18.8. The van der Waals surface area contributed by atoms with Gasteiger partial charge in [-0.2, -0.15) is 4.31 Å². The number of fused-ring (bicyclic) bond motifs is 1. The van der Waals surface area contributed by atoms with E-state index in [2.05, 4.69) is 34.7 Å². The Morgan fingerprint density at radius 3 is 2.45 bits per heavy atom. The van der Waals surface area contributed by atoms with Crippen molar-refractivity contribution in [1.82, 2.24) is 14.8 Å². The average molecular weight is 442 g/mol. The number of aryl methyl sites for hydroxylation is 2. The van der Waals surface area contributed by atoms with Crippen molar-refractivity contribution in [2.45, 2.75) is 44.6 Å². The van der Waals surface area contributed by atoms with Crippen molar-refractivity contribution in [1.29, 1.82) is 0 Å². The molecule has 1 saturated heterocycles. The molecule has 1 aromatic heterocycles. The maximum absolute atomic E-state index is 13.0. The Kier molecular flexibility index (Phi) is 5.85. The fourth-order valence-corrected chi connectivity index (χ4v) is 5.98. The van der Waals surface area contributed by atoms with Crippen LogP contribution in [0.3, 0.4) is 0 Å². The second-order valence-electron chi connectivity index (χ2n) is 8.17. The molecule has 1 fully saturated rings. The fourth-order valence-electron chi connectivity index (χ4n) is 4.22. The van der Waals surface area contributed by atoms with Crippen LogP contribution in [0.2, 0.25) is 0 Å². The van der Waals surface area contributed by atoms with Gasteiger partial charge < -0.3 is 9.84 Å². The van der Waals surface area contributed by atoms with Crippen LogP contribution in [0, 0.1) is 19.8 Å². The Balaban J connectivity index is 1.39. The molecule has 4 rings (SSSR count). The molecule has 164 valence electrons. The molecular weight excluding hydrogens is 414 g/mol. The summed E-state index contributed by atoms with van der Waals surface area (Å²) in [6.07, 6.45) is 0.970. The van der Waals surface area contributed by atoms with E-state index in [-0.39, 0.29) is 22.8 Å². The van der Waals surface area contributed by atoms with Crippen LogP contribution in [0.1, 0.15) is 42.8 Å². The number of carbonyl (C=O) groups excluding carboxylic acids is 1. The molecule has 1 amide bonds. The first-order chi connectivity index (χ1) is 14.8. The molecule has 2 heterocycles. The van der Waals surface area contributed by atoms with Gasteiger partial charge in [0.15, 0.2) is 5.76 Å². The van der Waals surface area contributed by atoms with Gasteiger partial charge in [-0.05, 0) is 56.0 Å². The smallest absolute Gasteiger partial charge is 0.248 e. The molecule has 0 saturated carbocycles. The first-order valence-corrected chi connectivity index (χ1v) is 11.9. The lowest BCUT2D eigenvalue weighted by Gasteiger charge is -2.31. The van der Waals surface area contributed by atoms with E-state index in [4.69, 9.17) is 4.52 Å². The van der Waals surface area contributed by atoms with Crippen molar-refractivity contribution in [2.75, 3.05) is 13.1 Å². The Labute approximate surface area is 182 Å². The monoisotopic (exact) mass is 441 g/mol. The van der Waals surface area contributed by atoms with Crippen LogP contribution in [-0.4, -0.2) is 36.9 Å². The van der Waals surface area contributed by atoms with E-state index >= 15 is 0 Å². The normalized spacial score (nSPS) is 17.0. The van der Waals surface area contributed by atoms with E-state index < -0.39 is 10.0 Å². The average Bonchev–Trinajstić information content (AvgIpc) is 3.12. The van der Waals surface area contributed by atoms with Crippen molar-refractivity contribution >= 4 is 26.7 Å². The van der Waals surface area contributed by atoms with Crippen LogP contribution in [0.25, 0.3) is 10.8 Å².